The van der Waals surface area contributed by atoms with Crippen molar-refractivity contribution in [3.8, 4) is 0 Å². The van der Waals surface area contributed by atoms with Crippen LogP contribution in [0.5, 0.6) is 0 Å². The van der Waals surface area contributed by atoms with Gasteiger partial charge >= 0.3 is 0 Å². The molecule has 2 atom stereocenters. The Bertz CT molecular complexity index is 99.7. The van der Waals surface area contributed by atoms with Crippen LogP contribution in [0.4, 0.5) is 0 Å². The Hall–Kier alpha value is 0.310. The molecule has 2 unspecified atom stereocenters. The standard InChI is InChI=1S/C9H18OS/c1-3-10-8(2)6-9-4-5-11-7-9/h8-9H,3-7H2,1-2H3. The fourth-order valence-electron chi connectivity index (χ4n) is 1.59. The largest absolute Gasteiger partial charge is 0.379 e. The van der Waals surface area contributed by atoms with Gasteiger partial charge in [0.1, 0.15) is 0 Å². The van der Waals surface area contributed by atoms with Gasteiger partial charge in [-0.05, 0) is 44.1 Å². The van der Waals surface area contributed by atoms with Gasteiger partial charge in [-0.15, -0.1) is 0 Å². The molecule has 0 aromatic rings. The predicted octanol–water partition coefficient (Wildman–Crippen LogP) is 2.55. The SMILES string of the molecule is CCOC(C)CC1CCSC1. The van der Waals surface area contributed by atoms with Crippen LogP contribution in [0.2, 0.25) is 0 Å². The molecule has 1 nitrogen and oxygen atoms in total. The minimum absolute atomic E-state index is 0.476. The van der Waals surface area contributed by atoms with Crippen molar-refractivity contribution in [1.29, 1.82) is 0 Å². The summed E-state index contributed by atoms with van der Waals surface area (Å²) in [6.07, 6.45) is 3.15. The number of thioether (sulfide) groups is 1. The fraction of sp³-hybridized carbons (Fsp3) is 1.00. The molecule has 1 aliphatic heterocycles. The Balaban J connectivity index is 2.08. The zero-order valence-corrected chi connectivity index (χ0v) is 8.32. The molecular formula is C9H18OS. The molecular weight excluding hydrogens is 156 g/mol. The molecule has 1 rings (SSSR count). The summed E-state index contributed by atoms with van der Waals surface area (Å²) < 4.78 is 5.49. The highest BCUT2D eigenvalue weighted by molar-refractivity contribution is 7.99. The highest BCUT2D eigenvalue weighted by Crippen LogP contribution is 2.27. The highest BCUT2D eigenvalue weighted by atomic mass is 32.2. The molecule has 0 amide bonds. The van der Waals surface area contributed by atoms with Gasteiger partial charge in [0.2, 0.25) is 0 Å². The summed E-state index contributed by atoms with van der Waals surface area (Å²) in [5.74, 6) is 3.66. The van der Waals surface area contributed by atoms with Crippen molar-refractivity contribution in [3.05, 3.63) is 0 Å². The lowest BCUT2D eigenvalue weighted by atomic mass is 10.0. The first kappa shape index (κ1) is 9.40. The highest BCUT2D eigenvalue weighted by Gasteiger charge is 2.17. The molecule has 0 bridgehead atoms. The summed E-state index contributed by atoms with van der Waals surface area (Å²) in [6, 6.07) is 0. The van der Waals surface area contributed by atoms with E-state index in [0.29, 0.717) is 6.10 Å². The third-order valence-corrected chi connectivity index (χ3v) is 3.37. The van der Waals surface area contributed by atoms with Crippen molar-refractivity contribution < 1.29 is 4.74 Å². The lowest BCUT2D eigenvalue weighted by molar-refractivity contribution is 0.0604. The molecule has 66 valence electrons. The monoisotopic (exact) mass is 174 g/mol. The third-order valence-electron chi connectivity index (χ3n) is 2.14. The lowest BCUT2D eigenvalue weighted by Crippen LogP contribution is -2.13. The van der Waals surface area contributed by atoms with Crippen molar-refractivity contribution in [2.45, 2.75) is 32.8 Å². The molecule has 1 saturated heterocycles. The lowest BCUT2D eigenvalue weighted by Gasteiger charge is -2.15. The quantitative estimate of drug-likeness (QED) is 0.648. The van der Waals surface area contributed by atoms with Crippen LogP contribution in [0.15, 0.2) is 0 Å². The molecule has 0 saturated carbocycles. The average molecular weight is 174 g/mol. The van der Waals surface area contributed by atoms with Gasteiger partial charge in [-0.1, -0.05) is 0 Å². The van der Waals surface area contributed by atoms with Gasteiger partial charge < -0.3 is 4.74 Å². The zero-order valence-electron chi connectivity index (χ0n) is 7.51. The molecule has 1 heterocycles. The maximum atomic E-state index is 5.49. The maximum Gasteiger partial charge on any atom is 0.0549 e. The topological polar surface area (TPSA) is 9.23 Å². The molecule has 0 N–H and O–H groups in total. The second-order valence-corrected chi connectivity index (χ2v) is 4.38. The molecule has 0 spiro atoms. The van der Waals surface area contributed by atoms with Gasteiger partial charge in [-0.25, -0.2) is 0 Å². The van der Waals surface area contributed by atoms with Crippen LogP contribution in [0.1, 0.15) is 26.7 Å². The van der Waals surface area contributed by atoms with Crippen molar-refractivity contribution in [3.63, 3.8) is 0 Å². The second kappa shape index (κ2) is 5.04. The minimum Gasteiger partial charge on any atom is -0.379 e. The first-order valence-electron chi connectivity index (χ1n) is 4.52. The van der Waals surface area contributed by atoms with Crippen molar-refractivity contribution >= 4 is 11.8 Å². The summed E-state index contributed by atoms with van der Waals surface area (Å²) in [7, 11) is 0. The number of hydrogen-bond donors (Lipinski definition) is 0. The smallest absolute Gasteiger partial charge is 0.0549 e. The van der Waals surface area contributed by atoms with Gasteiger partial charge in [0.25, 0.3) is 0 Å². The first-order chi connectivity index (χ1) is 5.33. The maximum absolute atomic E-state index is 5.49. The van der Waals surface area contributed by atoms with Gasteiger partial charge in [0, 0.05) is 6.61 Å². The van der Waals surface area contributed by atoms with E-state index < -0.39 is 0 Å². The molecule has 11 heavy (non-hydrogen) atoms. The Morgan fingerprint density at radius 2 is 2.45 bits per heavy atom. The predicted molar refractivity (Wildman–Crippen MR) is 51.1 cm³/mol. The third kappa shape index (κ3) is 3.48. The Morgan fingerprint density at radius 1 is 1.64 bits per heavy atom. The second-order valence-electron chi connectivity index (χ2n) is 3.23. The normalized spacial score (nSPS) is 27.3. The van der Waals surface area contributed by atoms with Crippen molar-refractivity contribution in [2.75, 3.05) is 18.1 Å². The van der Waals surface area contributed by atoms with Gasteiger partial charge in [-0.2, -0.15) is 11.8 Å². The number of ether oxygens (including phenoxy) is 1. The van der Waals surface area contributed by atoms with E-state index in [0.717, 1.165) is 12.5 Å². The van der Waals surface area contributed by atoms with Crippen molar-refractivity contribution in [2.24, 2.45) is 5.92 Å². The van der Waals surface area contributed by atoms with E-state index in [-0.39, 0.29) is 0 Å². The van der Waals surface area contributed by atoms with Gasteiger partial charge in [-0.3, -0.25) is 0 Å². The van der Waals surface area contributed by atoms with Crippen LogP contribution >= 0.6 is 11.8 Å². The summed E-state index contributed by atoms with van der Waals surface area (Å²) in [6.45, 7) is 5.12. The summed E-state index contributed by atoms with van der Waals surface area (Å²) in [5.41, 5.74) is 0. The molecule has 1 aliphatic rings. The van der Waals surface area contributed by atoms with Crippen LogP contribution in [-0.4, -0.2) is 24.2 Å². The fourth-order valence-corrected chi connectivity index (χ4v) is 2.89. The minimum atomic E-state index is 0.476. The van der Waals surface area contributed by atoms with Crippen LogP contribution in [-0.2, 0) is 4.74 Å². The van der Waals surface area contributed by atoms with E-state index in [1.807, 2.05) is 0 Å². The first-order valence-corrected chi connectivity index (χ1v) is 5.67. The van der Waals surface area contributed by atoms with E-state index in [4.69, 9.17) is 4.74 Å². The van der Waals surface area contributed by atoms with Crippen LogP contribution in [0, 0.1) is 5.92 Å². The van der Waals surface area contributed by atoms with E-state index >= 15 is 0 Å². The summed E-state index contributed by atoms with van der Waals surface area (Å²) in [4.78, 5) is 0. The zero-order chi connectivity index (χ0) is 8.10. The molecule has 1 fully saturated rings. The molecule has 0 aliphatic carbocycles. The number of hydrogen-bond acceptors (Lipinski definition) is 2. The van der Waals surface area contributed by atoms with E-state index in [9.17, 15) is 0 Å². The molecule has 0 radical (unpaired) electrons. The van der Waals surface area contributed by atoms with Crippen LogP contribution < -0.4 is 0 Å². The Labute approximate surface area is 73.9 Å². The van der Waals surface area contributed by atoms with E-state index in [2.05, 4.69) is 25.6 Å². The Kier molecular flexibility index (Phi) is 4.31. The van der Waals surface area contributed by atoms with Gasteiger partial charge in [0.05, 0.1) is 6.10 Å². The van der Waals surface area contributed by atoms with Gasteiger partial charge in [0.15, 0.2) is 0 Å². The Morgan fingerprint density at radius 3 is 3.00 bits per heavy atom. The van der Waals surface area contributed by atoms with Crippen molar-refractivity contribution in [1.82, 2.24) is 0 Å². The van der Waals surface area contributed by atoms with Crippen LogP contribution in [0.25, 0.3) is 0 Å². The van der Waals surface area contributed by atoms with E-state index in [1.54, 1.807) is 0 Å². The molecule has 0 aromatic heterocycles. The molecule has 0 aromatic carbocycles. The average Bonchev–Trinajstić information content (AvgIpc) is 2.40. The van der Waals surface area contributed by atoms with Crippen LogP contribution in [0.3, 0.4) is 0 Å². The number of rotatable bonds is 4. The van der Waals surface area contributed by atoms with E-state index in [1.165, 1.54) is 24.3 Å². The summed E-state index contributed by atoms with van der Waals surface area (Å²) >= 11 is 2.09. The summed E-state index contributed by atoms with van der Waals surface area (Å²) in [5, 5.41) is 0. The molecule has 2 heteroatoms.